The number of carbonyl (C=O) groups excluding carboxylic acids is 2. The van der Waals surface area contributed by atoms with Crippen LogP contribution in [0.1, 0.15) is 77.5 Å². The SMILES string of the molecule is CCCCOc1ccc(C2/C(=C(\O)c3ccc(OCCC)cc3)C(=O)C(=O)N2CCCN(CC)CC)cc1OCC. The first-order chi connectivity index (χ1) is 19.9. The normalized spacial score (nSPS) is 16.4. The molecule has 0 aliphatic carbocycles. The van der Waals surface area contributed by atoms with E-state index in [-0.39, 0.29) is 11.3 Å². The molecule has 1 amide bonds. The lowest BCUT2D eigenvalue weighted by molar-refractivity contribution is -0.140. The summed E-state index contributed by atoms with van der Waals surface area (Å²) in [6.45, 7) is 14.8. The van der Waals surface area contributed by atoms with E-state index in [0.717, 1.165) is 38.9 Å². The summed E-state index contributed by atoms with van der Waals surface area (Å²) >= 11 is 0. The molecule has 1 fully saturated rings. The zero-order chi connectivity index (χ0) is 29.8. The quantitative estimate of drug-likeness (QED) is 0.105. The third kappa shape index (κ3) is 8.03. The first kappa shape index (κ1) is 32.0. The summed E-state index contributed by atoms with van der Waals surface area (Å²) in [5.41, 5.74) is 1.20. The van der Waals surface area contributed by atoms with E-state index in [4.69, 9.17) is 14.2 Å². The predicted molar refractivity (Wildman–Crippen MR) is 162 cm³/mol. The molecule has 1 saturated heterocycles. The summed E-state index contributed by atoms with van der Waals surface area (Å²) in [6.07, 6.45) is 3.51. The van der Waals surface area contributed by atoms with Crippen LogP contribution in [0.5, 0.6) is 17.2 Å². The van der Waals surface area contributed by atoms with Gasteiger partial charge < -0.3 is 29.1 Å². The number of amides is 1. The second-order valence-electron chi connectivity index (χ2n) is 10.1. The van der Waals surface area contributed by atoms with Gasteiger partial charge in [0.15, 0.2) is 11.5 Å². The zero-order valence-electron chi connectivity index (χ0n) is 25.3. The zero-order valence-corrected chi connectivity index (χ0v) is 25.3. The van der Waals surface area contributed by atoms with Gasteiger partial charge in [-0.3, -0.25) is 9.59 Å². The number of likely N-dealkylation sites (tertiary alicyclic amines) is 1. The van der Waals surface area contributed by atoms with Gasteiger partial charge >= 0.3 is 0 Å². The Morgan fingerprint density at radius 1 is 0.854 bits per heavy atom. The number of hydrogen-bond donors (Lipinski definition) is 1. The van der Waals surface area contributed by atoms with Crippen LogP contribution >= 0.6 is 0 Å². The Balaban J connectivity index is 2.05. The molecule has 0 saturated carbocycles. The fourth-order valence-corrected chi connectivity index (χ4v) is 4.95. The van der Waals surface area contributed by atoms with Crippen LogP contribution in [-0.2, 0) is 9.59 Å². The topological polar surface area (TPSA) is 88.5 Å². The molecule has 224 valence electrons. The molecule has 1 heterocycles. The van der Waals surface area contributed by atoms with Gasteiger partial charge in [-0.2, -0.15) is 0 Å². The Morgan fingerprint density at radius 2 is 1.59 bits per heavy atom. The van der Waals surface area contributed by atoms with Crippen molar-refractivity contribution in [3.8, 4) is 17.2 Å². The van der Waals surface area contributed by atoms with E-state index >= 15 is 0 Å². The Kier molecular flexibility index (Phi) is 12.5. The third-order valence-corrected chi connectivity index (χ3v) is 7.25. The van der Waals surface area contributed by atoms with Gasteiger partial charge in [-0.05, 0) is 87.8 Å². The van der Waals surface area contributed by atoms with Crippen molar-refractivity contribution in [1.82, 2.24) is 9.80 Å². The molecule has 1 aliphatic rings. The monoisotopic (exact) mass is 566 g/mol. The molecule has 8 heteroatoms. The van der Waals surface area contributed by atoms with E-state index < -0.39 is 17.7 Å². The number of aliphatic hydroxyl groups is 1. The largest absolute Gasteiger partial charge is 0.507 e. The van der Waals surface area contributed by atoms with Crippen LogP contribution in [0.3, 0.4) is 0 Å². The number of hydrogen-bond acceptors (Lipinski definition) is 7. The van der Waals surface area contributed by atoms with E-state index in [1.165, 1.54) is 0 Å². The van der Waals surface area contributed by atoms with Gasteiger partial charge in [0.2, 0.25) is 0 Å². The highest BCUT2D eigenvalue weighted by Gasteiger charge is 2.46. The van der Waals surface area contributed by atoms with Crippen LogP contribution in [0.25, 0.3) is 5.76 Å². The minimum atomic E-state index is -0.758. The molecule has 1 aliphatic heterocycles. The van der Waals surface area contributed by atoms with Crippen molar-refractivity contribution in [2.24, 2.45) is 0 Å². The maximum Gasteiger partial charge on any atom is 0.295 e. The number of ketones is 1. The lowest BCUT2D eigenvalue weighted by Gasteiger charge is -2.27. The molecular formula is C33H46N2O6. The van der Waals surface area contributed by atoms with Gasteiger partial charge in [0.1, 0.15) is 11.5 Å². The van der Waals surface area contributed by atoms with E-state index in [9.17, 15) is 14.7 Å². The summed E-state index contributed by atoms with van der Waals surface area (Å²) in [5, 5.41) is 11.5. The molecule has 1 N–H and O–H groups in total. The van der Waals surface area contributed by atoms with Crippen LogP contribution in [0.2, 0.25) is 0 Å². The highest BCUT2D eigenvalue weighted by Crippen LogP contribution is 2.42. The second kappa shape index (κ2) is 16.1. The first-order valence-corrected chi connectivity index (χ1v) is 15.0. The predicted octanol–water partition coefficient (Wildman–Crippen LogP) is 6.21. The minimum Gasteiger partial charge on any atom is -0.507 e. The fourth-order valence-electron chi connectivity index (χ4n) is 4.95. The Labute approximate surface area is 244 Å². The number of rotatable bonds is 17. The highest BCUT2D eigenvalue weighted by atomic mass is 16.5. The fraction of sp³-hybridized carbons (Fsp3) is 0.515. The standard InChI is InChI=1S/C33H46N2O6/c1-6-11-22-41-27-18-15-25(23-28(27)39-10-5)30-29(31(36)24-13-16-26(17-14-24)40-21-7-2)32(37)33(38)35(30)20-12-19-34(8-3)9-4/h13-18,23,30,36H,6-12,19-22H2,1-5H3/b31-29+. The van der Waals surface area contributed by atoms with E-state index in [1.807, 2.05) is 32.0 Å². The van der Waals surface area contributed by atoms with Crippen molar-refractivity contribution in [1.29, 1.82) is 0 Å². The number of ether oxygens (including phenoxy) is 3. The highest BCUT2D eigenvalue weighted by molar-refractivity contribution is 6.46. The van der Waals surface area contributed by atoms with Gasteiger partial charge in [0, 0.05) is 12.1 Å². The molecule has 0 radical (unpaired) electrons. The number of nitrogens with zero attached hydrogens (tertiary/aromatic N) is 2. The van der Waals surface area contributed by atoms with Crippen LogP contribution in [0.15, 0.2) is 48.0 Å². The second-order valence-corrected chi connectivity index (χ2v) is 10.1. The van der Waals surface area contributed by atoms with Crippen LogP contribution in [-0.4, -0.2) is 72.6 Å². The molecule has 1 atom stereocenters. The third-order valence-electron chi connectivity index (χ3n) is 7.25. The van der Waals surface area contributed by atoms with Crippen molar-refractivity contribution in [2.75, 3.05) is 46.0 Å². The summed E-state index contributed by atoms with van der Waals surface area (Å²) < 4.78 is 17.5. The Hall–Kier alpha value is -3.52. The lowest BCUT2D eigenvalue weighted by Crippen LogP contribution is -2.33. The molecule has 2 aromatic rings. The molecule has 8 nitrogen and oxygen atoms in total. The van der Waals surface area contributed by atoms with Gasteiger partial charge in [-0.1, -0.05) is 40.2 Å². The number of Topliss-reactive ketones (excluding diaryl/α,β-unsaturated/α-hetero) is 1. The average Bonchev–Trinajstić information content (AvgIpc) is 3.24. The summed E-state index contributed by atoms with van der Waals surface area (Å²) in [4.78, 5) is 30.8. The van der Waals surface area contributed by atoms with Gasteiger partial charge in [0.25, 0.3) is 11.7 Å². The average molecular weight is 567 g/mol. The maximum atomic E-state index is 13.5. The summed E-state index contributed by atoms with van der Waals surface area (Å²) in [7, 11) is 0. The van der Waals surface area contributed by atoms with Crippen LogP contribution in [0.4, 0.5) is 0 Å². The lowest BCUT2D eigenvalue weighted by atomic mass is 9.95. The molecule has 41 heavy (non-hydrogen) atoms. The maximum absolute atomic E-state index is 13.5. The molecular weight excluding hydrogens is 520 g/mol. The molecule has 1 unspecified atom stereocenters. The van der Waals surface area contributed by atoms with Crippen molar-refractivity contribution in [3.05, 3.63) is 59.2 Å². The number of unbranched alkanes of at least 4 members (excludes halogenated alkanes) is 1. The number of aliphatic hydroxyl groups excluding tert-OH is 1. The molecule has 0 spiro atoms. The van der Waals surface area contributed by atoms with Gasteiger partial charge in [0.05, 0.1) is 31.4 Å². The van der Waals surface area contributed by atoms with Crippen LogP contribution in [0, 0.1) is 0 Å². The van der Waals surface area contributed by atoms with Gasteiger partial charge in [-0.15, -0.1) is 0 Å². The van der Waals surface area contributed by atoms with Gasteiger partial charge in [-0.25, -0.2) is 0 Å². The molecule has 0 aromatic heterocycles. The smallest absolute Gasteiger partial charge is 0.295 e. The van der Waals surface area contributed by atoms with E-state index in [0.29, 0.717) is 61.2 Å². The van der Waals surface area contributed by atoms with Crippen molar-refractivity contribution < 1.29 is 28.9 Å². The Bertz CT molecular complexity index is 1170. The number of benzene rings is 2. The van der Waals surface area contributed by atoms with Crippen molar-refractivity contribution in [3.63, 3.8) is 0 Å². The minimum absolute atomic E-state index is 0.0714. The molecule has 3 rings (SSSR count). The van der Waals surface area contributed by atoms with Crippen molar-refractivity contribution in [2.45, 2.75) is 66.3 Å². The number of carbonyl (C=O) groups is 2. The van der Waals surface area contributed by atoms with E-state index in [2.05, 4.69) is 25.7 Å². The first-order valence-electron chi connectivity index (χ1n) is 15.0. The molecule has 2 aromatic carbocycles. The van der Waals surface area contributed by atoms with Crippen LogP contribution < -0.4 is 14.2 Å². The van der Waals surface area contributed by atoms with Crippen molar-refractivity contribution >= 4 is 17.4 Å². The van der Waals surface area contributed by atoms with E-state index in [1.54, 1.807) is 29.2 Å². The molecule has 0 bridgehead atoms. The summed E-state index contributed by atoms with van der Waals surface area (Å²) in [5.74, 6) is 0.334. The Morgan fingerprint density at radius 3 is 2.22 bits per heavy atom. The summed E-state index contributed by atoms with van der Waals surface area (Å²) in [6, 6.07) is 11.7.